The van der Waals surface area contributed by atoms with Gasteiger partial charge in [0.25, 0.3) is 5.56 Å². The highest BCUT2D eigenvalue weighted by Gasteiger charge is 2.16. The number of aromatic amines is 1. The average molecular weight is 417 g/mol. The number of nitrogens with one attached hydrogen (secondary N) is 1. The topological polar surface area (TPSA) is 128 Å². The van der Waals surface area contributed by atoms with Gasteiger partial charge in [0.05, 0.1) is 0 Å². The Morgan fingerprint density at radius 2 is 1.93 bits per heavy atom. The zero-order valence-corrected chi connectivity index (χ0v) is 16.6. The molecule has 29 heavy (non-hydrogen) atoms. The van der Waals surface area contributed by atoms with Gasteiger partial charge in [0, 0.05) is 25.1 Å². The molecule has 2 heterocycles. The number of fused-ring (bicyclic) bond motifs is 1. The predicted octanol–water partition coefficient (Wildman–Crippen LogP) is 1.66. The third-order valence-corrected chi connectivity index (χ3v) is 4.66. The minimum Gasteiger partial charge on any atom is -0.383 e. The van der Waals surface area contributed by atoms with Gasteiger partial charge in [-0.15, -0.1) is 0 Å². The van der Waals surface area contributed by atoms with Crippen LogP contribution < -0.4 is 17.0 Å². The van der Waals surface area contributed by atoms with Crippen LogP contribution in [0.2, 0.25) is 5.28 Å². The Kier molecular flexibility index (Phi) is 6.28. The zero-order valence-electron chi connectivity index (χ0n) is 15.9. The lowest BCUT2D eigenvalue weighted by atomic mass is 10.2. The fourth-order valence-corrected chi connectivity index (χ4v) is 3.21. The van der Waals surface area contributed by atoms with E-state index in [2.05, 4.69) is 15.0 Å². The summed E-state index contributed by atoms with van der Waals surface area (Å²) in [5.41, 5.74) is 6.01. The minimum absolute atomic E-state index is 0.0518. The molecule has 0 atom stereocenters. The molecule has 152 valence electrons. The van der Waals surface area contributed by atoms with Crippen molar-refractivity contribution in [2.45, 2.75) is 39.3 Å². The van der Waals surface area contributed by atoms with Crippen LogP contribution >= 0.6 is 11.6 Å². The summed E-state index contributed by atoms with van der Waals surface area (Å²) in [6, 6.07) is 9.02. The molecule has 0 bridgehead atoms. The lowest BCUT2D eigenvalue weighted by Gasteiger charge is -2.09. The van der Waals surface area contributed by atoms with E-state index >= 15 is 0 Å². The van der Waals surface area contributed by atoms with Crippen molar-refractivity contribution in [3.05, 3.63) is 62.0 Å². The number of aromatic nitrogens is 4. The minimum atomic E-state index is -0.480. The van der Waals surface area contributed by atoms with Crippen LogP contribution in [0, 0.1) is 0 Å². The van der Waals surface area contributed by atoms with Crippen LogP contribution in [-0.2, 0) is 17.9 Å². The number of carbonyl (C=O) groups excluding carboxylic acids is 1. The molecule has 0 saturated heterocycles. The molecule has 0 saturated carbocycles. The van der Waals surface area contributed by atoms with E-state index in [1.807, 2.05) is 18.2 Å². The summed E-state index contributed by atoms with van der Waals surface area (Å²) in [6.07, 6.45) is 1.09. The lowest BCUT2D eigenvalue weighted by Crippen LogP contribution is -2.40. The van der Waals surface area contributed by atoms with Crippen LogP contribution in [-0.4, -0.2) is 30.8 Å². The van der Waals surface area contributed by atoms with Crippen LogP contribution in [0.1, 0.15) is 31.7 Å². The molecule has 10 heteroatoms. The summed E-state index contributed by atoms with van der Waals surface area (Å²) in [7, 11) is 0. The van der Waals surface area contributed by atoms with Crippen LogP contribution in [0.25, 0.3) is 11.2 Å². The number of aliphatic imine (C=N–C) groups is 1. The molecule has 2 aromatic heterocycles. The van der Waals surface area contributed by atoms with Gasteiger partial charge in [-0.1, -0.05) is 30.3 Å². The Hall–Kier alpha value is -3.20. The second-order valence-corrected chi connectivity index (χ2v) is 6.78. The van der Waals surface area contributed by atoms with E-state index in [0.717, 1.165) is 4.57 Å². The van der Waals surface area contributed by atoms with Gasteiger partial charge >= 0.3 is 5.69 Å². The number of H-pyrrole nitrogens is 1. The highest BCUT2D eigenvalue weighted by Crippen LogP contribution is 2.10. The number of unbranched alkanes of at least 4 members (excludes halogenated alkanes) is 1. The Morgan fingerprint density at radius 1 is 1.21 bits per heavy atom. The highest BCUT2D eigenvalue weighted by molar-refractivity contribution is 6.29. The number of aryl methyl sites for hydroxylation is 1. The van der Waals surface area contributed by atoms with Crippen molar-refractivity contribution in [3.63, 3.8) is 0 Å². The Morgan fingerprint density at radius 3 is 2.62 bits per heavy atom. The SMILES string of the molecule is CCn1c(=O)n(CCCCC(=O)N=C(N)c2ccccc2)c(=O)c2[nH]c(Cl)nc21. The Labute approximate surface area is 170 Å². The van der Waals surface area contributed by atoms with Crippen molar-refractivity contribution in [2.75, 3.05) is 0 Å². The maximum Gasteiger partial charge on any atom is 0.332 e. The molecule has 0 radical (unpaired) electrons. The number of imidazole rings is 1. The van der Waals surface area contributed by atoms with E-state index in [1.54, 1.807) is 19.1 Å². The average Bonchev–Trinajstić information content (AvgIpc) is 3.10. The summed E-state index contributed by atoms with van der Waals surface area (Å²) < 4.78 is 2.52. The number of hydrogen-bond donors (Lipinski definition) is 2. The summed E-state index contributed by atoms with van der Waals surface area (Å²) in [5.74, 6) is -0.181. The van der Waals surface area contributed by atoms with E-state index in [-0.39, 0.29) is 41.2 Å². The van der Waals surface area contributed by atoms with Crippen molar-refractivity contribution in [1.29, 1.82) is 0 Å². The fourth-order valence-electron chi connectivity index (χ4n) is 3.03. The van der Waals surface area contributed by atoms with Gasteiger partial charge in [0.15, 0.2) is 11.2 Å². The van der Waals surface area contributed by atoms with E-state index < -0.39 is 11.2 Å². The molecule has 9 nitrogen and oxygen atoms in total. The summed E-state index contributed by atoms with van der Waals surface area (Å²) in [4.78, 5) is 47.8. The molecule has 3 N–H and O–H groups in total. The van der Waals surface area contributed by atoms with Crippen LogP contribution in [0.5, 0.6) is 0 Å². The van der Waals surface area contributed by atoms with Crippen molar-refractivity contribution in [3.8, 4) is 0 Å². The first-order chi connectivity index (χ1) is 13.9. The number of rotatable bonds is 7. The van der Waals surface area contributed by atoms with Crippen LogP contribution in [0.3, 0.4) is 0 Å². The molecule has 0 aliphatic rings. The number of amidine groups is 1. The second kappa shape index (κ2) is 8.87. The number of amides is 1. The number of nitrogens with zero attached hydrogens (tertiary/aromatic N) is 4. The summed E-state index contributed by atoms with van der Waals surface area (Å²) in [6.45, 7) is 2.31. The largest absolute Gasteiger partial charge is 0.383 e. The molecule has 1 amide bonds. The third-order valence-electron chi connectivity index (χ3n) is 4.49. The van der Waals surface area contributed by atoms with E-state index in [0.29, 0.717) is 24.9 Å². The quantitative estimate of drug-likeness (QED) is 0.262. The van der Waals surface area contributed by atoms with Crippen molar-refractivity contribution >= 4 is 34.5 Å². The first-order valence-corrected chi connectivity index (χ1v) is 9.61. The van der Waals surface area contributed by atoms with Crippen molar-refractivity contribution in [1.82, 2.24) is 19.1 Å². The molecule has 1 aromatic carbocycles. The van der Waals surface area contributed by atoms with Crippen molar-refractivity contribution < 1.29 is 4.79 Å². The van der Waals surface area contributed by atoms with Crippen LogP contribution in [0.15, 0.2) is 44.9 Å². The van der Waals surface area contributed by atoms with E-state index in [9.17, 15) is 14.4 Å². The van der Waals surface area contributed by atoms with E-state index in [4.69, 9.17) is 17.3 Å². The number of carbonyl (C=O) groups is 1. The zero-order chi connectivity index (χ0) is 21.0. The fraction of sp³-hybridized carbons (Fsp3) is 0.316. The Bertz CT molecular complexity index is 1180. The second-order valence-electron chi connectivity index (χ2n) is 6.42. The van der Waals surface area contributed by atoms with Gasteiger partial charge < -0.3 is 10.7 Å². The lowest BCUT2D eigenvalue weighted by molar-refractivity contribution is -0.117. The highest BCUT2D eigenvalue weighted by atomic mass is 35.5. The molecule has 0 spiro atoms. The number of benzene rings is 1. The number of nitrogens with two attached hydrogens (primary N) is 1. The molecule has 3 aromatic rings. The van der Waals surface area contributed by atoms with Crippen molar-refractivity contribution in [2.24, 2.45) is 10.7 Å². The van der Waals surface area contributed by atoms with Crippen LogP contribution in [0.4, 0.5) is 0 Å². The molecular formula is C19H21ClN6O3. The normalized spacial score (nSPS) is 11.9. The number of halogens is 1. The van der Waals surface area contributed by atoms with E-state index in [1.165, 1.54) is 4.57 Å². The van der Waals surface area contributed by atoms with Gasteiger partial charge in [-0.05, 0) is 31.4 Å². The summed E-state index contributed by atoms with van der Waals surface area (Å²) in [5, 5.41) is 0.0518. The standard InChI is InChI=1S/C19H21ClN6O3/c1-2-25-16-14(23-18(20)24-16)17(28)26(19(25)29)11-7-6-10-13(27)22-15(21)12-8-4-3-5-9-12/h3-5,8-9H,2,6-7,10-11H2,1H3,(H,23,24)(H2,21,22,27). The molecule has 3 rings (SSSR count). The third kappa shape index (κ3) is 4.45. The van der Waals surface area contributed by atoms with Gasteiger partial charge in [0.2, 0.25) is 11.2 Å². The molecule has 0 aliphatic heterocycles. The predicted molar refractivity (Wildman–Crippen MR) is 111 cm³/mol. The molecule has 0 fully saturated rings. The first-order valence-electron chi connectivity index (χ1n) is 9.23. The first kappa shape index (κ1) is 20.5. The summed E-state index contributed by atoms with van der Waals surface area (Å²) >= 11 is 5.85. The number of hydrogen-bond acceptors (Lipinski definition) is 4. The molecular weight excluding hydrogens is 396 g/mol. The monoisotopic (exact) mass is 416 g/mol. The van der Waals surface area contributed by atoms with Gasteiger partial charge in [-0.2, -0.15) is 9.98 Å². The maximum absolute atomic E-state index is 12.6. The molecule has 0 aliphatic carbocycles. The smallest absolute Gasteiger partial charge is 0.332 e. The van der Waals surface area contributed by atoms with Gasteiger partial charge in [-0.25, -0.2) is 4.79 Å². The maximum atomic E-state index is 12.6. The Balaban J connectivity index is 1.67. The molecule has 0 unspecified atom stereocenters. The van der Waals surface area contributed by atoms with Gasteiger partial charge in [0.1, 0.15) is 5.84 Å². The van der Waals surface area contributed by atoms with Gasteiger partial charge in [-0.3, -0.25) is 18.7 Å².